The Bertz CT molecular complexity index is 4110. The summed E-state index contributed by atoms with van der Waals surface area (Å²) in [5.41, 5.74) is 7.28. The van der Waals surface area contributed by atoms with Crippen molar-refractivity contribution >= 4 is 121 Å². The lowest BCUT2D eigenvalue weighted by Crippen LogP contribution is -2.50. The van der Waals surface area contributed by atoms with Gasteiger partial charge in [-0.25, -0.2) is 39.7 Å². The zero-order valence-electron chi connectivity index (χ0n) is 45.3. The number of alkyl halides is 1. The molecule has 9 aromatic rings. The van der Waals surface area contributed by atoms with Crippen molar-refractivity contribution in [3.63, 3.8) is 0 Å². The van der Waals surface area contributed by atoms with Crippen molar-refractivity contribution < 1.29 is 54.0 Å². The summed E-state index contributed by atoms with van der Waals surface area (Å²) in [6.45, 7) is 6.64. The predicted octanol–water partition coefficient (Wildman–Crippen LogP) is 7.13. The number of amides is 6. The highest BCUT2D eigenvalue weighted by Gasteiger charge is 2.36. The second-order valence-electron chi connectivity index (χ2n) is 19.5. The number of hydrogen-bond donors (Lipinski definition) is 10. The number of phenols is 1. The van der Waals surface area contributed by atoms with Crippen molar-refractivity contribution in [3.8, 4) is 49.1 Å². The molecular weight excluding hydrogens is 1260 g/mol. The van der Waals surface area contributed by atoms with Crippen LogP contribution in [0.15, 0.2) is 106 Å². The number of nitrogens with zero attached hydrogens (tertiary/aromatic N) is 7. The van der Waals surface area contributed by atoms with Crippen molar-refractivity contribution in [1.82, 2.24) is 61.5 Å². The molecule has 11 N–H and O–H groups in total. The van der Waals surface area contributed by atoms with Crippen LogP contribution >= 0.6 is 79.6 Å². The number of primary amides is 1. The highest BCUT2D eigenvalue weighted by Crippen LogP contribution is 2.40. The van der Waals surface area contributed by atoms with Crippen LogP contribution in [0.2, 0.25) is 0 Å². The van der Waals surface area contributed by atoms with Gasteiger partial charge in [-0.05, 0) is 42.3 Å². The standard InChI is InChI=1S/C56H48ClN13O11S6/c1-23(38(72)17-57)40-54-67-37(22-86-54)52-63-33(18-83-52)42-29(13-14-30(60-42)51-65-34(20-84-51)46(76)59-24(2)56(80)81)50-64-35(19-82-50)48(78)62-32(16-39(58)73)53-70-41(25(3)87-53)49(79)69-43(44(74)27-7-5-4-6-8-27)55-66-36(21-85-55)47(77)61-31(45(75)68-40)15-26-9-11-28(71)12-10-26/h4-14,18-23,31-32,38,40,43-44,71-72,74H,2,15-17H2,1,3H3,(H2,58,73)(H,59,76)(H,61,77)(H,62,78)(H,68,75)(H,69,79)(H,80,81). The number of benzene rings is 2. The van der Waals surface area contributed by atoms with E-state index in [-0.39, 0.29) is 67.2 Å². The van der Waals surface area contributed by atoms with Gasteiger partial charge in [-0.2, -0.15) is 0 Å². The van der Waals surface area contributed by atoms with Crippen LogP contribution in [0.3, 0.4) is 0 Å². The molecule has 0 spiro atoms. The topological polar surface area (TPSA) is 377 Å². The van der Waals surface area contributed by atoms with E-state index in [2.05, 4.69) is 48.1 Å². The van der Waals surface area contributed by atoms with E-state index in [0.29, 0.717) is 48.0 Å². The summed E-state index contributed by atoms with van der Waals surface area (Å²) < 4.78 is 0. The van der Waals surface area contributed by atoms with Gasteiger partial charge in [0.05, 0.1) is 30.3 Å². The molecule has 7 aromatic heterocycles. The summed E-state index contributed by atoms with van der Waals surface area (Å²) in [5.74, 6) is -7.05. The summed E-state index contributed by atoms with van der Waals surface area (Å²) in [6.07, 6.45) is -3.12. The maximum Gasteiger partial charge on any atom is 0.351 e. The molecule has 8 heterocycles. The smallest absolute Gasteiger partial charge is 0.351 e. The minimum atomic E-state index is -1.44. The lowest BCUT2D eigenvalue weighted by Gasteiger charge is -2.28. The van der Waals surface area contributed by atoms with Crippen molar-refractivity contribution in [2.24, 2.45) is 11.7 Å². The van der Waals surface area contributed by atoms with Gasteiger partial charge in [0.25, 0.3) is 23.6 Å². The van der Waals surface area contributed by atoms with Crippen molar-refractivity contribution in [2.75, 3.05) is 5.88 Å². The maximum atomic E-state index is 14.8. The molecule has 0 fully saturated rings. The van der Waals surface area contributed by atoms with E-state index in [4.69, 9.17) is 37.3 Å². The number of pyridine rings is 1. The number of aromatic hydroxyl groups is 1. The first-order valence-corrected chi connectivity index (χ1v) is 31.7. The van der Waals surface area contributed by atoms with Crippen LogP contribution in [0.5, 0.6) is 5.75 Å². The number of hydrogen-bond acceptors (Lipinski definition) is 23. The second-order valence-corrected chi connectivity index (χ2v) is 25.4. The van der Waals surface area contributed by atoms with Gasteiger partial charge in [0.2, 0.25) is 11.8 Å². The van der Waals surface area contributed by atoms with Crippen LogP contribution in [-0.2, 0) is 20.8 Å². The average Bonchev–Trinajstić information content (AvgIpc) is 2.38. The number of rotatable bonds is 13. The third kappa shape index (κ3) is 14.0. The lowest BCUT2D eigenvalue weighted by molar-refractivity contribution is -0.133. The highest BCUT2D eigenvalue weighted by atomic mass is 35.5. The SMILES string of the molecule is C=C(NC(=O)c1csc(-c2ccc3c(n2)-c2csc(n2)-c2csc(n2)C(C(C)C(O)CCl)NC(=O)C(Cc2ccc(O)cc2)NC(=O)c2csc(n2)C(C(O)c2ccccc2)NC(=O)c2nc(sc2C)C(CC(N)=O)NC(=O)c2csc-3n2)n1)C(=O)O. The van der Waals surface area contributed by atoms with Gasteiger partial charge in [0, 0.05) is 55.6 Å². The summed E-state index contributed by atoms with van der Waals surface area (Å²) in [6, 6.07) is 13.0. The number of phenolic OH excluding ortho intramolecular Hbond substituents is 1. The fourth-order valence-electron chi connectivity index (χ4n) is 8.84. The van der Waals surface area contributed by atoms with Crippen molar-refractivity contribution in [3.05, 3.63) is 160 Å². The summed E-state index contributed by atoms with van der Waals surface area (Å²) in [5, 5.41) is 65.6. The fraction of sp³-hybridized carbons (Fsp3) is 0.214. The van der Waals surface area contributed by atoms with E-state index < -0.39 is 95.8 Å². The van der Waals surface area contributed by atoms with E-state index in [9.17, 15) is 54.0 Å². The van der Waals surface area contributed by atoms with Crippen LogP contribution in [0, 0.1) is 12.8 Å². The molecule has 24 nitrogen and oxygen atoms in total. The van der Waals surface area contributed by atoms with Gasteiger partial charge in [0.1, 0.15) is 99.5 Å². The fourth-order valence-corrected chi connectivity index (χ4v) is 14.4. The van der Waals surface area contributed by atoms with Crippen LogP contribution < -0.4 is 32.3 Å². The Kier molecular flexibility index (Phi) is 18.8. The molecule has 0 radical (unpaired) electrons. The van der Waals surface area contributed by atoms with Crippen LogP contribution in [0.4, 0.5) is 0 Å². The molecule has 10 bridgehead atoms. The number of halogens is 1. The number of carbonyl (C=O) groups is 7. The molecule has 6 amide bonds. The minimum absolute atomic E-state index is 0.0331. The average molecular weight is 1310 g/mol. The number of carboxylic acid groups (broad SMARTS) is 1. The molecule has 31 heteroatoms. The first kappa shape index (κ1) is 61.5. The zero-order chi connectivity index (χ0) is 61.8. The van der Waals surface area contributed by atoms with E-state index in [0.717, 1.165) is 56.7 Å². The number of aryl methyl sites for hydroxylation is 1. The molecule has 1 aliphatic rings. The third-order valence-corrected chi connectivity index (χ3v) is 19.3. The van der Waals surface area contributed by atoms with E-state index in [1.54, 1.807) is 79.2 Å². The zero-order valence-corrected chi connectivity index (χ0v) is 50.9. The van der Waals surface area contributed by atoms with E-state index >= 15 is 0 Å². The van der Waals surface area contributed by atoms with Crippen LogP contribution in [0.25, 0.3) is 43.4 Å². The number of aliphatic carboxylic acids is 1. The molecule has 7 atom stereocenters. The first-order chi connectivity index (χ1) is 41.7. The maximum absolute atomic E-state index is 14.8. The number of aromatic nitrogens is 7. The van der Waals surface area contributed by atoms with Gasteiger partial charge >= 0.3 is 5.97 Å². The molecule has 87 heavy (non-hydrogen) atoms. The summed E-state index contributed by atoms with van der Waals surface area (Å²) >= 11 is 12.7. The third-order valence-electron chi connectivity index (χ3n) is 13.5. The Balaban J connectivity index is 1.08. The monoisotopic (exact) mass is 1310 g/mol. The number of nitrogens with one attached hydrogen (secondary N) is 5. The summed E-state index contributed by atoms with van der Waals surface area (Å²) in [4.78, 5) is 128. The summed E-state index contributed by atoms with van der Waals surface area (Å²) in [7, 11) is 0. The molecule has 7 unspecified atom stereocenters. The predicted molar refractivity (Wildman–Crippen MR) is 327 cm³/mol. The number of carboxylic acids is 1. The molecule has 0 saturated carbocycles. The largest absolute Gasteiger partial charge is 0.508 e. The molecule has 0 saturated heterocycles. The molecule has 446 valence electrons. The Hall–Kier alpha value is -8.59. The Morgan fingerprint density at radius 3 is 2.00 bits per heavy atom. The number of fused-ring (bicyclic) bond motifs is 14. The quantitative estimate of drug-likeness (QED) is 0.0405. The minimum Gasteiger partial charge on any atom is -0.508 e. The number of carbonyl (C=O) groups excluding carboxylic acids is 6. The number of thiazole rings is 6. The van der Waals surface area contributed by atoms with Crippen LogP contribution in [0.1, 0.15) is 111 Å². The Labute approximate surface area is 522 Å². The lowest BCUT2D eigenvalue weighted by atomic mass is 9.96. The molecule has 2 aromatic carbocycles. The van der Waals surface area contributed by atoms with Crippen molar-refractivity contribution in [2.45, 2.75) is 63.1 Å². The van der Waals surface area contributed by atoms with E-state index in [1.165, 1.54) is 39.6 Å². The molecule has 10 rings (SSSR count). The van der Waals surface area contributed by atoms with Gasteiger partial charge in [-0.15, -0.1) is 79.6 Å². The van der Waals surface area contributed by atoms with Gasteiger partial charge in [0.15, 0.2) is 0 Å². The number of nitrogens with two attached hydrogens (primary N) is 1. The number of aliphatic hydroxyl groups is 2. The Morgan fingerprint density at radius 2 is 1.29 bits per heavy atom. The van der Waals surface area contributed by atoms with Crippen LogP contribution in [-0.4, -0.2) is 115 Å². The normalized spacial score (nSPS) is 17.6. The second kappa shape index (κ2) is 26.6. The molecule has 0 aliphatic carbocycles. The van der Waals surface area contributed by atoms with Gasteiger partial charge in [-0.3, -0.25) is 28.8 Å². The molecule has 1 aliphatic heterocycles. The van der Waals surface area contributed by atoms with Gasteiger partial charge in [-0.1, -0.05) is 56.0 Å². The Morgan fingerprint density at radius 1 is 0.667 bits per heavy atom. The van der Waals surface area contributed by atoms with Crippen molar-refractivity contribution in [1.29, 1.82) is 0 Å². The number of aliphatic hydroxyl groups excluding tert-OH is 2. The highest BCUT2D eigenvalue weighted by molar-refractivity contribution is 7.15. The van der Waals surface area contributed by atoms with Gasteiger partial charge < -0.3 is 52.7 Å². The van der Waals surface area contributed by atoms with E-state index in [1.807, 2.05) is 0 Å². The first-order valence-electron chi connectivity index (χ1n) is 26.0. The molecular formula is C56H48ClN13O11S6.